The number of hydrogen-bond donors (Lipinski definition) is 1. The Bertz CT molecular complexity index is 849. The number of ether oxygens (including phenoxy) is 1. The highest BCUT2D eigenvalue weighted by molar-refractivity contribution is 6.03. The predicted octanol–water partition coefficient (Wildman–Crippen LogP) is 4.69. The summed E-state index contributed by atoms with van der Waals surface area (Å²) in [5.41, 5.74) is 2.91. The van der Waals surface area contributed by atoms with Crippen LogP contribution in [0.3, 0.4) is 0 Å². The van der Waals surface area contributed by atoms with E-state index in [-0.39, 0.29) is 17.7 Å². The van der Waals surface area contributed by atoms with E-state index in [1.165, 1.54) is 0 Å². The molecule has 1 N–H and O–H groups in total. The number of nitrogens with one attached hydrogen (secondary N) is 1. The lowest BCUT2D eigenvalue weighted by atomic mass is 10.1. The molecule has 1 heterocycles. The van der Waals surface area contributed by atoms with Gasteiger partial charge in [0.05, 0.1) is 6.10 Å². The van der Waals surface area contributed by atoms with Crippen LogP contribution in [0.1, 0.15) is 29.9 Å². The van der Waals surface area contributed by atoms with Gasteiger partial charge in [-0.2, -0.15) is 0 Å². The van der Waals surface area contributed by atoms with Crippen molar-refractivity contribution in [1.82, 2.24) is 5.16 Å². The summed E-state index contributed by atoms with van der Waals surface area (Å²) in [4.78, 5) is 12.3. The van der Waals surface area contributed by atoms with Crippen molar-refractivity contribution in [2.75, 3.05) is 5.32 Å². The third-order valence-corrected chi connectivity index (χ3v) is 3.56. The van der Waals surface area contributed by atoms with Gasteiger partial charge in [-0.3, -0.25) is 4.79 Å². The molecule has 128 valence electrons. The third-order valence-electron chi connectivity index (χ3n) is 3.56. The number of anilines is 1. The van der Waals surface area contributed by atoms with Crippen LogP contribution in [-0.4, -0.2) is 17.2 Å². The van der Waals surface area contributed by atoms with Gasteiger partial charge < -0.3 is 14.6 Å². The number of hydrogen-bond acceptors (Lipinski definition) is 4. The molecule has 0 unspecified atom stereocenters. The summed E-state index contributed by atoms with van der Waals surface area (Å²) in [6.07, 6.45) is 0.119. The Balaban J connectivity index is 1.71. The zero-order valence-corrected chi connectivity index (χ0v) is 14.4. The van der Waals surface area contributed by atoms with Crippen molar-refractivity contribution < 1.29 is 14.1 Å². The van der Waals surface area contributed by atoms with Gasteiger partial charge in [-0.15, -0.1) is 0 Å². The maximum Gasteiger partial charge on any atom is 0.277 e. The SMILES string of the molecule is Cc1ccc(NC(=O)c2cc(-c3ccc(OC(C)C)cc3)on2)cc1. The number of rotatable bonds is 5. The highest BCUT2D eigenvalue weighted by Gasteiger charge is 2.14. The van der Waals surface area contributed by atoms with E-state index in [9.17, 15) is 4.79 Å². The lowest BCUT2D eigenvalue weighted by Gasteiger charge is -2.09. The molecule has 0 aliphatic carbocycles. The first-order chi connectivity index (χ1) is 12.0. The van der Waals surface area contributed by atoms with Gasteiger partial charge >= 0.3 is 0 Å². The van der Waals surface area contributed by atoms with Gasteiger partial charge in [0.1, 0.15) is 5.75 Å². The Hall–Kier alpha value is -3.08. The number of carbonyl (C=O) groups is 1. The second kappa shape index (κ2) is 7.21. The second-order valence-electron chi connectivity index (χ2n) is 6.09. The van der Waals surface area contributed by atoms with E-state index < -0.39 is 0 Å². The Morgan fingerprint density at radius 1 is 1.08 bits per heavy atom. The first-order valence-electron chi connectivity index (χ1n) is 8.13. The van der Waals surface area contributed by atoms with E-state index in [1.54, 1.807) is 6.07 Å². The molecule has 25 heavy (non-hydrogen) atoms. The average Bonchev–Trinajstić information content (AvgIpc) is 3.07. The molecule has 0 saturated carbocycles. The fourth-order valence-electron chi connectivity index (χ4n) is 2.32. The van der Waals surface area contributed by atoms with E-state index in [1.807, 2.05) is 69.3 Å². The molecule has 2 aromatic carbocycles. The van der Waals surface area contributed by atoms with Crippen LogP contribution in [-0.2, 0) is 0 Å². The van der Waals surface area contributed by atoms with Crippen molar-refractivity contribution in [1.29, 1.82) is 0 Å². The number of aryl methyl sites for hydroxylation is 1. The quantitative estimate of drug-likeness (QED) is 0.734. The molecule has 0 bridgehead atoms. The standard InChI is InChI=1S/C20H20N2O3/c1-13(2)24-17-10-6-15(7-11-17)19-12-18(22-25-19)20(23)21-16-8-4-14(3)5-9-16/h4-13H,1-3H3,(H,21,23). The second-order valence-corrected chi connectivity index (χ2v) is 6.09. The summed E-state index contributed by atoms with van der Waals surface area (Å²) in [6, 6.07) is 16.7. The molecule has 0 fully saturated rings. The molecule has 0 radical (unpaired) electrons. The fraction of sp³-hybridized carbons (Fsp3) is 0.200. The molecule has 0 spiro atoms. The normalized spacial score (nSPS) is 10.7. The first kappa shape index (κ1) is 16.8. The number of amides is 1. The van der Waals surface area contributed by atoms with E-state index in [2.05, 4.69) is 10.5 Å². The molecule has 0 aliphatic rings. The minimum atomic E-state index is -0.307. The highest BCUT2D eigenvalue weighted by atomic mass is 16.5. The molecule has 1 amide bonds. The monoisotopic (exact) mass is 336 g/mol. The number of aromatic nitrogens is 1. The number of benzene rings is 2. The van der Waals surface area contributed by atoms with Crippen LogP contribution in [0.15, 0.2) is 59.1 Å². The lowest BCUT2D eigenvalue weighted by molar-refractivity contribution is 0.101. The van der Waals surface area contributed by atoms with Crippen molar-refractivity contribution in [3.63, 3.8) is 0 Å². The Morgan fingerprint density at radius 2 is 1.76 bits per heavy atom. The van der Waals surface area contributed by atoms with Gasteiger partial charge in [0.2, 0.25) is 0 Å². The van der Waals surface area contributed by atoms with E-state index in [0.29, 0.717) is 5.76 Å². The van der Waals surface area contributed by atoms with Gasteiger partial charge in [0.15, 0.2) is 11.5 Å². The molecule has 3 rings (SSSR count). The molecular formula is C20H20N2O3. The zero-order chi connectivity index (χ0) is 17.8. The molecule has 0 atom stereocenters. The minimum Gasteiger partial charge on any atom is -0.491 e. The Labute approximate surface area is 146 Å². The third kappa shape index (κ3) is 4.26. The Morgan fingerprint density at radius 3 is 2.40 bits per heavy atom. The maximum absolute atomic E-state index is 12.3. The topological polar surface area (TPSA) is 64.4 Å². The van der Waals surface area contributed by atoms with Crippen LogP contribution in [0.25, 0.3) is 11.3 Å². The summed E-state index contributed by atoms with van der Waals surface area (Å²) < 4.78 is 10.9. The molecule has 0 saturated heterocycles. The average molecular weight is 336 g/mol. The van der Waals surface area contributed by atoms with Crippen LogP contribution in [0.4, 0.5) is 5.69 Å². The van der Waals surface area contributed by atoms with Gasteiger partial charge in [-0.1, -0.05) is 22.9 Å². The number of nitrogens with zero attached hydrogens (tertiary/aromatic N) is 1. The van der Waals surface area contributed by atoms with Crippen LogP contribution in [0.5, 0.6) is 5.75 Å². The smallest absolute Gasteiger partial charge is 0.277 e. The van der Waals surface area contributed by atoms with Gasteiger partial charge in [-0.05, 0) is 57.2 Å². The van der Waals surface area contributed by atoms with Crippen molar-refractivity contribution in [3.8, 4) is 17.1 Å². The fourth-order valence-corrected chi connectivity index (χ4v) is 2.32. The lowest BCUT2D eigenvalue weighted by Crippen LogP contribution is -2.11. The van der Waals surface area contributed by atoms with E-state index in [4.69, 9.17) is 9.26 Å². The Kier molecular flexibility index (Phi) is 4.84. The number of carbonyl (C=O) groups excluding carboxylic acids is 1. The minimum absolute atomic E-state index is 0.119. The van der Waals surface area contributed by atoms with Gasteiger partial charge in [0, 0.05) is 17.3 Å². The van der Waals surface area contributed by atoms with Crippen LogP contribution in [0.2, 0.25) is 0 Å². The van der Waals surface area contributed by atoms with Crippen LogP contribution < -0.4 is 10.1 Å². The van der Waals surface area contributed by atoms with Crippen molar-refractivity contribution in [2.24, 2.45) is 0 Å². The highest BCUT2D eigenvalue weighted by Crippen LogP contribution is 2.24. The van der Waals surface area contributed by atoms with Crippen LogP contribution >= 0.6 is 0 Å². The van der Waals surface area contributed by atoms with Crippen molar-refractivity contribution >= 4 is 11.6 Å². The summed E-state index contributed by atoms with van der Waals surface area (Å²) in [7, 11) is 0. The summed E-state index contributed by atoms with van der Waals surface area (Å²) >= 11 is 0. The molecule has 0 aliphatic heterocycles. The van der Waals surface area contributed by atoms with Gasteiger partial charge in [0.25, 0.3) is 5.91 Å². The summed E-state index contributed by atoms with van der Waals surface area (Å²) in [5, 5.41) is 6.66. The summed E-state index contributed by atoms with van der Waals surface area (Å²) in [5.74, 6) is 1.01. The van der Waals surface area contributed by atoms with E-state index in [0.717, 1.165) is 22.6 Å². The zero-order valence-electron chi connectivity index (χ0n) is 14.4. The first-order valence-corrected chi connectivity index (χ1v) is 8.13. The van der Waals surface area contributed by atoms with Gasteiger partial charge in [-0.25, -0.2) is 0 Å². The van der Waals surface area contributed by atoms with Crippen LogP contribution in [0, 0.1) is 6.92 Å². The summed E-state index contributed by atoms with van der Waals surface area (Å²) in [6.45, 7) is 5.94. The molecule has 1 aromatic heterocycles. The molecule has 5 nitrogen and oxygen atoms in total. The predicted molar refractivity (Wildman–Crippen MR) is 96.8 cm³/mol. The maximum atomic E-state index is 12.3. The molecule has 5 heteroatoms. The van der Waals surface area contributed by atoms with Crippen molar-refractivity contribution in [3.05, 3.63) is 65.9 Å². The van der Waals surface area contributed by atoms with Crippen molar-refractivity contribution in [2.45, 2.75) is 26.9 Å². The van der Waals surface area contributed by atoms with E-state index >= 15 is 0 Å². The molecular weight excluding hydrogens is 316 g/mol. The molecule has 3 aromatic rings. The largest absolute Gasteiger partial charge is 0.491 e.